The van der Waals surface area contributed by atoms with E-state index in [9.17, 15) is 0 Å². The van der Waals surface area contributed by atoms with Crippen molar-refractivity contribution in [2.24, 2.45) is 7.05 Å². The summed E-state index contributed by atoms with van der Waals surface area (Å²) in [5.74, 6) is 0.538. The lowest BCUT2D eigenvalue weighted by Gasteiger charge is -2.08. The molecule has 0 atom stereocenters. The lowest BCUT2D eigenvalue weighted by molar-refractivity contribution is 0.726. The van der Waals surface area contributed by atoms with Crippen LogP contribution in [0.2, 0.25) is 0 Å². The highest BCUT2D eigenvalue weighted by Gasteiger charge is 2.15. The molecule has 2 heterocycles. The topological polar surface area (TPSA) is 61.7 Å². The van der Waals surface area contributed by atoms with Crippen molar-refractivity contribution in [3.05, 3.63) is 41.1 Å². The highest BCUT2D eigenvalue weighted by Crippen LogP contribution is 2.21. The smallest absolute Gasteiger partial charge is 0.202 e. The molecule has 104 valence electrons. The fraction of sp³-hybridized carbons (Fsp3) is 0.333. The van der Waals surface area contributed by atoms with Gasteiger partial charge in [-0.25, -0.2) is 4.98 Å². The van der Waals surface area contributed by atoms with E-state index < -0.39 is 0 Å². The van der Waals surface area contributed by atoms with Crippen LogP contribution in [0.3, 0.4) is 0 Å². The summed E-state index contributed by atoms with van der Waals surface area (Å²) in [6, 6.07) is 8.61. The third-order valence-electron chi connectivity index (χ3n) is 3.69. The second-order valence-electron chi connectivity index (χ2n) is 5.11. The van der Waals surface area contributed by atoms with E-state index >= 15 is 0 Å². The molecular formula is C15H19N5. The number of nitrogen functional groups attached to an aromatic ring is 1. The van der Waals surface area contributed by atoms with Gasteiger partial charge < -0.3 is 5.73 Å². The van der Waals surface area contributed by atoms with Crippen LogP contribution < -0.4 is 5.73 Å². The molecular weight excluding hydrogens is 250 g/mol. The first kappa shape index (κ1) is 12.7. The molecule has 2 N–H and O–H groups in total. The summed E-state index contributed by atoms with van der Waals surface area (Å²) >= 11 is 0. The molecule has 0 fully saturated rings. The number of aryl methyl sites for hydroxylation is 3. The second kappa shape index (κ2) is 4.67. The minimum absolute atomic E-state index is 0.538. The number of nitrogens with zero attached hydrogens (tertiary/aromatic N) is 4. The molecule has 20 heavy (non-hydrogen) atoms. The predicted molar refractivity (Wildman–Crippen MR) is 80.6 cm³/mol. The van der Waals surface area contributed by atoms with Crippen LogP contribution in [0.25, 0.3) is 11.2 Å². The molecule has 5 heteroatoms. The minimum Gasteiger partial charge on any atom is -0.369 e. The van der Waals surface area contributed by atoms with Crippen molar-refractivity contribution >= 4 is 17.1 Å². The maximum Gasteiger partial charge on any atom is 0.202 e. The fourth-order valence-electron chi connectivity index (χ4n) is 2.57. The van der Waals surface area contributed by atoms with Crippen molar-refractivity contribution in [1.82, 2.24) is 19.3 Å². The molecule has 0 unspecified atom stereocenters. The van der Waals surface area contributed by atoms with E-state index in [0.29, 0.717) is 12.5 Å². The van der Waals surface area contributed by atoms with Crippen molar-refractivity contribution in [2.45, 2.75) is 26.8 Å². The van der Waals surface area contributed by atoms with Crippen molar-refractivity contribution in [3.8, 4) is 0 Å². The lowest BCUT2D eigenvalue weighted by Crippen LogP contribution is -2.08. The zero-order valence-electron chi connectivity index (χ0n) is 12.1. The van der Waals surface area contributed by atoms with Gasteiger partial charge >= 0.3 is 0 Å². The summed E-state index contributed by atoms with van der Waals surface area (Å²) in [6.45, 7) is 4.82. The number of rotatable bonds is 3. The largest absolute Gasteiger partial charge is 0.369 e. The van der Waals surface area contributed by atoms with Gasteiger partial charge in [-0.05, 0) is 24.5 Å². The van der Waals surface area contributed by atoms with E-state index in [1.165, 1.54) is 11.1 Å². The quantitative estimate of drug-likeness (QED) is 0.793. The van der Waals surface area contributed by atoms with E-state index in [-0.39, 0.29) is 0 Å². The van der Waals surface area contributed by atoms with Crippen LogP contribution in [0.1, 0.15) is 23.7 Å². The fourth-order valence-corrected chi connectivity index (χ4v) is 2.57. The summed E-state index contributed by atoms with van der Waals surface area (Å²) < 4.78 is 3.85. The highest BCUT2D eigenvalue weighted by molar-refractivity contribution is 5.77. The Labute approximate surface area is 118 Å². The Morgan fingerprint density at radius 2 is 1.80 bits per heavy atom. The number of benzene rings is 1. The van der Waals surface area contributed by atoms with Crippen molar-refractivity contribution in [1.29, 1.82) is 0 Å². The zero-order chi connectivity index (χ0) is 14.3. The van der Waals surface area contributed by atoms with Crippen LogP contribution >= 0.6 is 0 Å². The summed E-state index contributed by atoms with van der Waals surface area (Å²) in [5.41, 5.74) is 11.4. The standard InChI is InChI=1S/C15H19N5/c1-4-11-5-7-12(8-6-11)9-20-14-13(17-15(20)16)10(2)18-19(14)3/h5-8H,4,9H2,1-3H3,(H2,16,17). The van der Waals surface area contributed by atoms with Gasteiger partial charge in [-0.2, -0.15) is 5.10 Å². The van der Waals surface area contributed by atoms with Crippen molar-refractivity contribution < 1.29 is 0 Å². The monoisotopic (exact) mass is 269 g/mol. The van der Waals surface area contributed by atoms with Crippen molar-refractivity contribution in [3.63, 3.8) is 0 Å². The molecule has 0 aliphatic rings. The second-order valence-corrected chi connectivity index (χ2v) is 5.11. The Morgan fingerprint density at radius 1 is 1.15 bits per heavy atom. The normalized spacial score (nSPS) is 11.3. The van der Waals surface area contributed by atoms with Crippen LogP contribution in [-0.4, -0.2) is 19.3 Å². The van der Waals surface area contributed by atoms with Gasteiger partial charge in [0.25, 0.3) is 0 Å². The van der Waals surface area contributed by atoms with Crippen LogP contribution in [-0.2, 0) is 20.0 Å². The van der Waals surface area contributed by atoms with Gasteiger partial charge in [0.15, 0.2) is 5.65 Å². The molecule has 0 saturated heterocycles. The average Bonchev–Trinajstić information content (AvgIpc) is 2.90. The third-order valence-corrected chi connectivity index (χ3v) is 3.69. The Morgan fingerprint density at radius 3 is 2.45 bits per heavy atom. The van der Waals surface area contributed by atoms with Gasteiger partial charge in [0.1, 0.15) is 5.52 Å². The van der Waals surface area contributed by atoms with Gasteiger partial charge in [0.05, 0.1) is 12.2 Å². The number of fused-ring (bicyclic) bond motifs is 1. The first-order chi connectivity index (χ1) is 9.60. The molecule has 5 nitrogen and oxygen atoms in total. The maximum absolute atomic E-state index is 6.05. The van der Waals surface area contributed by atoms with Crippen LogP contribution in [0.15, 0.2) is 24.3 Å². The summed E-state index contributed by atoms with van der Waals surface area (Å²) in [4.78, 5) is 4.42. The number of anilines is 1. The molecule has 0 bridgehead atoms. The lowest BCUT2D eigenvalue weighted by atomic mass is 10.1. The molecule has 3 aromatic rings. The maximum atomic E-state index is 6.05. The van der Waals surface area contributed by atoms with Crippen LogP contribution in [0.5, 0.6) is 0 Å². The number of nitrogens with two attached hydrogens (primary N) is 1. The molecule has 0 amide bonds. The van der Waals surface area contributed by atoms with Crippen LogP contribution in [0, 0.1) is 6.92 Å². The summed E-state index contributed by atoms with van der Waals surface area (Å²) in [6.07, 6.45) is 1.05. The Bertz CT molecular complexity index is 749. The molecule has 0 aliphatic heterocycles. The van der Waals surface area contributed by atoms with Gasteiger partial charge in [-0.15, -0.1) is 0 Å². The molecule has 0 aliphatic carbocycles. The first-order valence-corrected chi connectivity index (χ1v) is 6.83. The van der Waals surface area contributed by atoms with E-state index in [0.717, 1.165) is 23.3 Å². The van der Waals surface area contributed by atoms with Gasteiger partial charge in [0, 0.05) is 7.05 Å². The Balaban J connectivity index is 2.03. The minimum atomic E-state index is 0.538. The van der Waals surface area contributed by atoms with Gasteiger partial charge in [-0.3, -0.25) is 9.25 Å². The highest BCUT2D eigenvalue weighted by atomic mass is 15.3. The molecule has 3 rings (SSSR count). The van der Waals surface area contributed by atoms with E-state index in [4.69, 9.17) is 5.73 Å². The SMILES string of the molecule is CCc1ccc(Cn2c(N)nc3c(C)nn(C)c32)cc1. The molecule has 0 radical (unpaired) electrons. The molecule has 1 aromatic carbocycles. The Kier molecular flexibility index (Phi) is 2.97. The van der Waals surface area contributed by atoms with E-state index in [2.05, 4.69) is 41.3 Å². The third kappa shape index (κ3) is 1.95. The first-order valence-electron chi connectivity index (χ1n) is 6.83. The molecule has 0 saturated carbocycles. The predicted octanol–water partition coefficient (Wildman–Crippen LogP) is 2.27. The van der Waals surface area contributed by atoms with Crippen LogP contribution in [0.4, 0.5) is 5.95 Å². The number of aromatic nitrogens is 4. The number of hydrogen-bond donors (Lipinski definition) is 1. The number of hydrogen-bond acceptors (Lipinski definition) is 3. The van der Waals surface area contributed by atoms with Gasteiger partial charge in [-0.1, -0.05) is 31.2 Å². The summed E-state index contributed by atoms with van der Waals surface area (Å²) in [5, 5.41) is 4.40. The summed E-state index contributed by atoms with van der Waals surface area (Å²) in [7, 11) is 1.92. The Hall–Kier alpha value is -2.30. The zero-order valence-corrected chi connectivity index (χ0v) is 12.1. The van der Waals surface area contributed by atoms with E-state index in [1.807, 2.05) is 23.2 Å². The van der Waals surface area contributed by atoms with E-state index in [1.54, 1.807) is 0 Å². The van der Waals surface area contributed by atoms with Gasteiger partial charge in [0.2, 0.25) is 5.95 Å². The molecule has 0 spiro atoms. The molecule has 2 aromatic heterocycles. The number of imidazole rings is 1. The van der Waals surface area contributed by atoms with Crippen molar-refractivity contribution in [2.75, 3.05) is 5.73 Å². The average molecular weight is 269 g/mol.